The van der Waals surface area contributed by atoms with Crippen LogP contribution in [0.15, 0.2) is 46.6 Å². The molecule has 1 aliphatic carbocycles. The smallest absolute Gasteiger partial charge is 0.221 e. The average molecular weight is 283 g/mol. The maximum atomic E-state index is 11.8. The van der Waals surface area contributed by atoms with E-state index in [1.165, 1.54) is 13.0 Å². The molecule has 0 saturated carbocycles. The summed E-state index contributed by atoms with van der Waals surface area (Å²) in [6.45, 7) is 5.08. The van der Waals surface area contributed by atoms with Crippen LogP contribution in [-0.2, 0) is 9.59 Å². The van der Waals surface area contributed by atoms with E-state index in [4.69, 9.17) is 5.73 Å². The van der Waals surface area contributed by atoms with Crippen LogP contribution in [0.4, 0.5) is 11.4 Å². The first kappa shape index (κ1) is 14.7. The topological polar surface area (TPSA) is 84.6 Å². The summed E-state index contributed by atoms with van der Waals surface area (Å²) in [5, 5.41) is 2.52. The van der Waals surface area contributed by atoms with Gasteiger partial charge in [-0.15, -0.1) is 0 Å². The van der Waals surface area contributed by atoms with Gasteiger partial charge >= 0.3 is 0 Å². The Morgan fingerprint density at radius 3 is 2.57 bits per heavy atom. The predicted molar refractivity (Wildman–Crippen MR) is 83.4 cm³/mol. The minimum absolute atomic E-state index is 0.227. The number of anilines is 1. The highest BCUT2D eigenvalue weighted by Crippen LogP contribution is 2.22. The number of ketones is 1. The molecule has 0 spiro atoms. The molecule has 0 atom stereocenters. The van der Waals surface area contributed by atoms with Gasteiger partial charge in [-0.1, -0.05) is 0 Å². The van der Waals surface area contributed by atoms with Crippen LogP contribution >= 0.6 is 0 Å². The van der Waals surface area contributed by atoms with Gasteiger partial charge in [0.2, 0.25) is 11.7 Å². The molecule has 0 bridgehead atoms. The number of aliphatic imine (C=N–C) groups is 1. The van der Waals surface area contributed by atoms with Crippen LogP contribution in [0.3, 0.4) is 0 Å². The molecule has 1 aliphatic rings. The number of rotatable bonds is 2. The summed E-state index contributed by atoms with van der Waals surface area (Å²) in [6.07, 6.45) is 3.05. The molecule has 108 valence electrons. The predicted octanol–water partition coefficient (Wildman–Crippen LogP) is 2.20. The van der Waals surface area contributed by atoms with Gasteiger partial charge in [0.05, 0.1) is 17.1 Å². The lowest BCUT2D eigenvalue weighted by molar-refractivity contribution is -0.120. The molecular weight excluding hydrogens is 266 g/mol. The van der Waals surface area contributed by atoms with Crippen LogP contribution in [0, 0.1) is 6.92 Å². The Hall–Kier alpha value is -2.69. The normalized spacial score (nSPS) is 16.5. The van der Waals surface area contributed by atoms with Crippen LogP contribution in [0.5, 0.6) is 0 Å². The Morgan fingerprint density at radius 1 is 1.24 bits per heavy atom. The third kappa shape index (κ3) is 3.45. The number of hydrogen-bond acceptors (Lipinski definition) is 4. The second kappa shape index (κ2) is 5.75. The fourth-order valence-corrected chi connectivity index (χ4v) is 1.95. The molecule has 0 aliphatic heterocycles. The number of nitrogen functional groups attached to an aromatic ring is 1. The number of allylic oxidation sites excluding steroid dienone is 3. The third-order valence-electron chi connectivity index (χ3n) is 3.11. The highest BCUT2D eigenvalue weighted by Gasteiger charge is 2.17. The van der Waals surface area contributed by atoms with Crippen LogP contribution in [-0.4, -0.2) is 17.4 Å². The zero-order chi connectivity index (χ0) is 15.6. The van der Waals surface area contributed by atoms with E-state index in [9.17, 15) is 9.59 Å². The molecule has 5 nitrogen and oxygen atoms in total. The summed E-state index contributed by atoms with van der Waals surface area (Å²) >= 11 is 0. The molecule has 0 aromatic heterocycles. The fourth-order valence-electron chi connectivity index (χ4n) is 1.95. The SMILES string of the molecule is CC(=O)NC1=CC(=Nc2ccc(N)c(C)c2)C(C)=CC1=O. The van der Waals surface area contributed by atoms with Crippen LogP contribution < -0.4 is 11.1 Å². The molecule has 0 fully saturated rings. The van der Waals surface area contributed by atoms with Crippen LogP contribution in [0.25, 0.3) is 0 Å². The van der Waals surface area contributed by atoms with Crippen molar-refractivity contribution in [1.29, 1.82) is 0 Å². The molecule has 3 N–H and O–H groups in total. The molecule has 0 radical (unpaired) electrons. The van der Waals surface area contributed by atoms with Crippen molar-refractivity contribution in [2.75, 3.05) is 5.73 Å². The zero-order valence-electron chi connectivity index (χ0n) is 12.2. The standard InChI is InChI=1S/C16H17N3O2/c1-9-6-12(4-5-13(9)17)19-14-8-15(18-11(3)20)16(21)7-10(14)2/h4-8H,17H2,1-3H3,(H,18,20). The summed E-state index contributed by atoms with van der Waals surface area (Å²) in [5.74, 6) is -0.514. The maximum absolute atomic E-state index is 11.8. The first-order valence-corrected chi connectivity index (χ1v) is 6.54. The second-order valence-electron chi connectivity index (χ2n) is 4.97. The molecule has 0 heterocycles. The van der Waals surface area contributed by atoms with Gasteiger partial charge in [0, 0.05) is 12.6 Å². The minimum atomic E-state index is -0.287. The van der Waals surface area contributed by atoms with Gasteiger partial charge < -0.3 is 11.1 Å². The monoisotopic (exact) mass is 283 g/mol. The van der Waals surface area contributed by atoms with E-state index in [0.29, 0.717) is 11.4 Å². The van der Waals surface area contributed by atoms with Crippen molar-refractivity contribution >= 4 is 28.8 Å². The Bertz CT molecular complexity index is 712. The zero-order valence-corrected chi connectivity index (χ0v) is 12.2. The van der Waals surface area contributed by atoms with Gasteiger partial charge in [-0.05, 0) is 55.3 Å². The van der Waals surface area contributed by atoms with Crippen molar-refractivity contribution in [2.45, 2.75) is 20.8 Å². The van der Waals surface area contributed by atoms with E-state index in [1.54, 1.807) is 12.1 Å². The van der Waals surface area contributed by atoms with Gasteiger partial charge in [0.25, 0.3) is 0 Å². The van der Waals surface area contributed by atoms with Gasteiger partial charge in [0.1, 0.15) is 0 Å². The first-order chi connectivity index (χ1) is 9.86. The molecular formula is C16H17N3O2. The highest BCUT2D eigenvalue weighted by molar-refractivity contribution is 6.22. The van der Waals surface area contributed by atoms with Crippen LogP contribution in [0.1, 0.15) is 19.4 Å². The molecule has 0 saturated heterocycles. The van der Waals surface area contributed by atoms with Gasteiger partial charge in [-0.2, -0.15) is 0 Å². The Kier molecular flexibility index (Phi) is 4.03. The summed E-state index contributed by atoms with van der Waals surface area (Å²) < 4.78 is 0. The number of amides is 1. The van der Waals surface area contributed by atoms with E-state index in [2.05, 4.69) is 10.3 Å². The largest absolute Gasteiger partial charge is 0.399 e. The quantitative estimate of drug-likeness (QED) is 0.644. The Labute approximate surface area is 123 Å². The molecule has 0 unspecified atom stereocenters. The minimum Gasteiger partial charge on any atom is -0.399 e. The highest BCUT2D eigenvalue weighted by atomic mass is 16.2. The summed E-state index contributed by atoms with van der Waals surface area (Å²) in [5.41, 5.74) is 9.81. The van der Waals surface area contributed by atoms with Gasteiger partial charge in [-0.3, -0.25) is 9.59 Å². The lowest BCUT2D eigenvalue weighted by Gasteiger charge is -2.13. The fraction of sp³-hybridized carbons (Fsp3) is 0.188. The van der Waals surface area contributed by atoms with E-state index < -0.39 is 0 Å². The maximum Gasteiger partial charge on any atom is 0.221 e. The van der Waals surface area contributed by atoms with Crippen LogP contribution in [0.2, 0.25) is 0 Å². The van der Waals surface area contributed by atoms with Crippen molar-refractivity contribution in [1.82, 2.24) is 5.32 Å². The summed E-state index contributed by atoms with van der Waals surface area (Å²) in [7, 11) is 0. The van der Waals surface area contributed by atoms with E-state index in [1.807, 2.05) is 26.0 Å². The Morgan fingerprint density at radius 2 is 1.95 bits per heavy atom. The second-order valence-corrected chi connectivity index (χ2v) is 4.97. The van der Waals surface area contributed by atoms with Crippen molar-refractivity contribution in [3.8, 4) is 0 Å². The molecule has 1 amide bonds. The number of nitrogens with one attached hydrogen (secondary N) is 1. The summed E-state index contributed by atoms with van der Waals surface area (Å²) in [4.78, 5) is 27.4. The lowest BCUT2D eigenvalue weighted by atomic mass is 10.0. The molecule has 21 heavy (non-hydrogen) atoms. The van der Waals surface area contributed by atoms with Crippen molar-refractivity contribution < 1.29 is 9.59 Å². The van der Waals surface area contributed by atoms with Gasteiger partial charge in [0.15, 0.2) is 0 Å². The Balaban J connectivity index is 2.40. The third-order valence-corrected chi connectivity index (χ3v) is 3.11. The number of carbonyl (C=O) groups excluding carboxylic acids is 2. The van der Waals surface area contributed by atoms with E-state index >= 15 is 0 Å². The first-order valence-electron chi connectivity index (χ1n) is 6.54. The average Bonchev–Trinajstić information content (AvgIpc) is 2.39. The number of carbonyl (C=O) groups is 2. The molecule has 5 heteroatoms. The molecule has 1 aromatic carbocycles. The number of hydrogen-bond donors (Lipinski definition) is 2. The van der Waals surface area contributed by atoms with Crippen molar-refractivity contribution in [3.05, 3.63) is 47.2 Å². The number of aryl methyl sites for hydroxylation is 1. The molecule has 1 aromatic rings. The van der Waals surface area contributed by atoms with Crippen molar-refractivity contribution in [2.24, 2.45) is 4.99 Å². The number of benzene rings is 1. The van der Waals surface area contributed by atoms with E-state index in [0.717, 1.165) is 16.8 Å². The molecule has 2 rings (SSSR count). The summed E-state index contributed by atoms with van der Waals surface area (Å²) in [6, 6.07) is 5.48. The van der Waals surface area contributed by atoms with E-state index in [-0.39, 0.29) is 17.4 Å². The number of nitrogens with zero attached hydrogens (tertiary/aromatic N) is 1. The lowest BCUT2D eigenvalue weighted by Crippen LogP contribution is -2.27. The number of nitrogens with two attached hydrogens (primary N) is 1. The van der Waals surface area contributed by atoms with Gasteiger partial charge in [-0.25, -0.2) is 4.99 Å². The van der Waals surface area contributed by atoms with Crippen molar-refractivity contribution in [3.63, 3.8) is 0 Å².